The number of hydrogen-bond acceptors (Lipinski definition) is 5. The molecule has 8 heteroatoms. The monoisotopic (exact) mass is 255 g/mol. The van der Waals surface area contributed by atoms with E-state index >= 15 is 0 Å². The highest BCUT2D eigenvalue weighted by molar-refractivity contribution is 6.32. The molecule has 3 amide bonds. The molecule has 0 saturated carbocycles. The molecule has 0 unspecified atom stereocenters. The first-order valence-electron chi connectivity index (χ1n) is 4.96. The van der Waals surface area contributed by atoms with Crippen LogP contribution in [0.15, 0.2) is 12.5 Å². The minimum absolute atomic E-state index is 0.0626. The second-order valence-corrected chi connectivity index (χ2v) is 3.76. The number of amides is 3. The van der Waals surface area contributed by atoms with Gasteiger partial charge in [-0.3, -0.25) is 9.69 Å². The van der Waals surface area contributed by atoms with Crippen LogP contribution in [0.4, 0.5) is 10.6 Å². The van der Waals surface area contributed by atoms with Crippen LogP contribution in [0, 0.1) is 0 Å². The first-order valence-corrected chi connectivity index (χ1v) is 5.34. The molecule has 0 bridgehead atoms. The van der Waals surface area contributed by atoms with Crippen molar-refractivity contribution in [1.29, 1.82) is 0 Å². The van der Waals surface area contributed by atoms with Crippen molar-refractivity contribution in [3.05, 3.63) is 17.5 Å². The van der Waals surface area contributed by atoms with Crippen molar-refractivity contribution >= 4 is 29.4 Å². The van der Waals surface area contributed by atoms with Gasteiger partial charge < -0.3 is 10.6 Å². The molecule has 2 heterocycles. The van der Waals surface area contributed by atoms with Gasteiger partial charge in [-0.15, -0.1) is 0 Å². The summed E-state index contributed by atoms with van der Waals surface area (Å²) in [5.41, 5.74) is 0. The Kier molecular flexibility index (Phi) is 3.38. The van der Waals surface area contributed by atoms with Crippen molar-refractivity contribution in [2.24, 2.45) is 0 Å². The van der Waals surface area contributed by atoms with Gasteiger partial charge >= 0.3 is 6.03 Å². The van der Waals surface area contributed by atoms with E-state index < -0.39 is 0 Å². The largest absolute Gasteiger partial charge is 0.367 e. The number of anilines is 1. The highest BCUT2D eigenvalue weighted by Crippen LogP contribution is 2.15. The van der Waals surface area contributed by atoms with E-state index in [1.165, 1.54) is 12.5 Å². The zero-order valence-electron chi connectivity index (χ0n) is 8.81. The third kappa shape index (κ3) is 2.62. The molecule has 0 spiro atoms. The van der Waals surface area contributed by atoms with E-state index in [0.29, 0.717) is 17.4 Å². The summed E-state index contributed by atoms with van der Waals surface area (Å²) in [5.74, 6) is 0.249. The molecule has 1 aliphatic rings. The Morgan fingerprint density at radius 3 is 3.00 bits per heavy atom. The summed E-state index contributed by atoms with van der Waals surface area (Å²) < 4.78 is 0. The van der Waals surface area contributed by atoms with Crippen LogP contribution in [0.2, 0.25) is 5.02 Å². The Bertz CT molecular complexity index is 437. The van der Waals surface area contributed by atoms with Gasteiger partial charge in [-0.05, 0) is 0 Å². The maximum Gasteiger partial charge on any atom is 0.324 e. The minimum atomic E-state index is -0.370. The maximum absolute atomic E-state index is 11.3. The molecule has 0 atom stereocenters. The van der Waals surface area contributed by atoms with Crippen molar-refractivity contribution in [3.8, 4) is 0 Å². The Hall–Kier alpha value is -1.89. The fraction of sp³-hybridized carbons (Fsp3) is 0.333. The van der Waals surface area contributed by atoms with E-state index in [1.54, 1.807) is 0 Å². The number of nitrogens with zero attached hydrogens (tertiary/aromatic N) is 3. The lowest BCUT2D eigenvalue weighted by Crippen LogP contribution is -2.35. The van der Waals surface area contributed by atoms with E-state index in [2.05, 4.69) is 20.6 Å². The molecule has 1 aromatic rings. The van der Waals surface area contributed by atoms with Crippen molar-refractivity contribution in [2.75, 3.05) is 25.0 Å². The number of aromatic nitrogens is 2. The van der Waals surface area contributed by atoms with Gasteiger partial charge in [0.2, 0.25) is 5.91 Å². The molecular weight excluding hydrogens is 246 g/mol. The average Bonchev–Trinajstić information content (AvgIpc) is 2.63. The van der Waals surface area contributed by atoms with E-state index in [9.17, 15) is 9.59 Å². The van der Waals surface area contributed by atoms with Crippen LogP contribution in [0.3, 0.4) is 0 Å². The van der Waals surface area contributed by atoms with Gasteiger partial charge in [-0.1, -0.05) is 11.6 Å². The van der Waals surface area contributed by atoms with Crippen molar-refractivity contribution in [2.45, 2.75) is 0 Å². The quantitative estimate of drug-likeness (QED) is 0.745. The molecule has 17 heavy (non-hydrogen) atoms. The molecule has 1 aliphatic heterocycles. The normalized spacial score (nSPS) is 15.0. The zero-order chi connectivity index (χ0) is 12.3. The van der Waals surface area contributed by atoms with E-state index in [1.807, 2.05) is 0 Å². The van der Waals surface area contributed by atoms with Gasteiger partial charge in [-0.25, -0.2) is 14.8 Å². The van der Waals surface area contributed by atoms with Crippen LogP contribution in [0.1, 0.15) is 0 Å². The van der Waals surface area contributed by atoms with Gasteiger partial charge in [0.25, 0.3) is 0 Å². The molecular formula is C9H10ClN5O2. The molecule has 7 nitrogen and oxygen atoms in total. The van der Waals surface area contributed by atoms with Gasteiger partial charge in [0.05, 0.1) is 12.7 Å². The lowest BCUT2D eigenvalue weighted by atomic mass is 10.5. The number of carbonyl (C=O) groups excluding carboxylic acids is 2. The summed E-state index contributed by atoms with van der Waals surface area (Å²) in [4.78, 5) is 31.3. The molecule has 90 valence electrons. The summed E-state index contributed by atoms with van der Waals surface area (Å²) >= 11 is 5.83. The zero-order valence-corrected chi connectivity index (χ0v) is 9.57. The predicted molar refractivity (Wildman–Crippen MR) is 60.6 cm³/mol. The number of hydrogen-bond donors (Lipinski definition) is 2. The summed E-state index contributed by atoms with van der Waals surface area (Å²) in [7, 11) is 0. The van der Waals surface area contributed by atoms with Crippen LogP contribution >= 0.6 is 11.6 Å². The standard InChI is InChI=1S/C9H10ClN5O2/c10-6-3-11-5-14-8(6)12-1-2-15-7(16)4-13-9(15)17/h3,5H,1-2,4H2,(H,13,17)(H,11,12,14). The molecule has 0 radical (unpaired) electrons. The second-order valence-electron chi connectivity index (χ2n) is 3.35. The highest BCUT2D eigenvalue weighted by Gasteiger charge is 2.27. The van der Waals surface area contributed by atoms with Gasteiger partial charge in [0, 0.05) is 13.1 Å². The topological polar surface area (TPSA) is 87.2 Å². The van der Waals surface area contributed by atoms with Crippen LogP contribution in [0.25, 0.3) is 0 Å². The number of halogens is 1. The van der Waals surface area contributed by atoms with Crippen molar-refractivity contribution < 1.29 is 9.59 Å². The predicted octanol–water partition coefficient (Wildman–Crippen LogP) is 0.0937. The maximum atomic E-state index is 11.3. The van der Waals surface area contributed by atoms with E-state index in [-0.39, 0.29) is 25.0 Å². The number of carbonyl (C=O) groups is 2. The first-order chi connectivity index (χ1) is 8.18. The molecule has 2 N–H and O–H groups in total. The van der Waals surface area contributed by atoms with Crippen molar-refractivity contribution in [3.63, 3.8) is 0 Å². The van der Waals surface area contributed by atoms with Gasteiger partial charge in [0.15, 0.2) is 0 Å². The molecule has 1 fully saturated rings. The number of rotatable bonds is 4. The van der Waals surface area contributed by atoms with E-state index in [0.717, 1.165) is 4.90 Å². The minimum Gasteiger partial charge on any atom is -0.367 e. The third-order valence-corrected chi connectivity index (χ3v) is 2.51. The summed E-state index contributed by atoms with van der Waals surface area (Å²) in [6.45, 7) is 0.716. The SMILES string of the molecule is O=C1CNC(=O)N1CCNc1ncncc1Cl. The van der Waals surface area contributed by atoms with E-state index in [4.69, 9.17) is 11.6 Å². The Balaban J connectivity index is 1.86. The number of imide groups is 1. The van der Waals surface area contributed by atoms with Crippen LogP contribution in [-0.4, -0.2) is 46.4 Å². The second kappa shape index (κ2) is 4.96. The van der Waals surface area contributed by atoms with Crippen LogP contribution in [-0.2, 0) is 4.79 Å². The summed E-state index contributed by atoms with van der Waals surface area (Å²) in [5, 5.41) is 5.75. The first kappa shape index (κ1) is 11.6. The highest BCUT2D eigenvalue weighted by atomic mass is 35.5. The molecule has 1 aromatic heterocycles. The van der Waals surface area contributed by atoms with Crippen LogP contribution in [0.5, 0.6) is 0 Å². The average molecular weight is 256 g/mol. The lowest BCUT2D eigenvalue weighted by molar-refractivity contribution is -0.124. The summed E-state index contributed by atoms with van der Waals surface area (Å²) in [6.07, 6.45) is 2.83. The Morgan fingerprint density at radius 1 is 1.53 bits per heavy atom. The number of nitrogens with one attached hydrogen (secondary N) is 2. The summed E-state index contributed by atoms with van der Waals surface area (Å²) in [6, 6.07) is -0.370. The Morgan fingerprint density at radius 2 is 2.35 bits per heavy atom. The third-order valence-electron chi connectivity index (χ3n) is 2.23. The van der Waals surface area contributed by atoms with Gasteiger partial charge in [-0.2, -0.15) is 0 Å². The lowest BCUT2D eigenvalue weighted by Gasteiger charge is -2.13. The van der Waals surface area contributed by atoms with Crippen molar-refractivity contribution in [1.82, 2.24) is 20.2 Å². The molecule has 1 saturated heterocycles. The number of urea groups is 1. The fourth-order valence-corrected chi connectivity index (χ4v) is 1.58. The van der Waals surface area contributed by atoms with Crippen LogP contribution < -0.4 is 10.6 Å². The Labute approximate surface area is 102 Å². The molecule has 0 aliphatic carbocycles. The fourth-order valence-electron chi connectivity index (χ4n) is 1.41. The van der Waals surface area contributed by atoms with Gasteiger partial charge in [0.1, 0.15) is 17.2 Å². The molecule has 0 aromatic carbocycles. The smallest absolute Gasteiger partial charge is 0.324 e. The molecule has 2 rings (SSSR count).